The average Bonchev–Trinajstić information content (AvgIpc) is 2.63. The maximum Gasteiger partial charge on any atom is 0.254 e. The molecule has 0 aliphatic carbocycles. The van der Waals surface area contributed by atoms with Crippen LogP contribution in [0.25, 0.3) is 0 Å². The molecule has 0 unspecified atom stereocenters. The second-order valence-electron chi connectivity index (χ2n) is 4.00. The molecule has 1 heterocycles. The van der Waals surface area contributed by atoms with E-state index in [1.54, 1.807) is 6.92 Å². The highest BCUT2D eigenvalue weighted by molar-refractivity contribution is 7.91. The zero-order valence-electron chi connectivity index (χ0n) is 10.7. The number of amides is 1. The fourth-order valence-corrected chi connectivity index (χ4v) is 4.82. The van der Waals surface area contributed by atoms with Gasteiger partial charge in [0.15, 0.2) is 8.68 Å². The molecule has 0 aliphatic heterocycles. The van der Waals surface area contributed by atoms with E-state index in [0.29, 0.717) is 12.1 Å². The second-order valence-corrected chi connectivity index (χ2v) is 7.71. The van der Waals surface area contributed by atoms with Crippen molar-refractivity contribution in [2.75, 3.05) is 13.1 Å². The van der Waals surface area contributed by atoms with E-state index in [9.17, 15) is 13.2 Å². The number of primary amides is 1. The minimum atomic E-state index is -3.77. The van der Waals surface area contributed by atoms with Gasteiger partial charge in [0.05, 0.1) is 12.2 Å². The normalized spacial score (nSPS) is 12.0. The molecule has 6 nitrogen and oxygen atoms in total. The van der Waals surface area contributed by atoms with Crippen LogP contribution in [0.3, 0.4) is 0 Å². The highest BCUT2D eigenvalue weighted by Gasteiger charge is 2.29. The maximum atomic E-state index is 12.4. The Balaban J connectivity index is 3.11. The highest BCUT2D eigenvalue weighted by Crippen LogP contribution is 2.29. The molecule has 108 valence electrons. The summed E-state index contributed by atoms with van der Waals surface area (Å²) in [4.78, 5) is 14.9. The Morgan fingerprint density at radius 1 is 1.53 bits per heavy atom. The van der Waals surface area contributed by atoms with Crippen molar-refractivity contribution in [3.63, 3.8) is 0 Å². The van der Waals surface area contributed by atoms with E-state index < -0.39 is 15.9 Å². The molecule has 0 bridgehead atoms. The summed E-state index contributed by atoms with van der Waals surface area (Å²) in [5.74, 6) is -0.687. The monoisotopic (exact) mass is 325 g/mol. The van der Waals surface area contributed by atoms with Gasteiger partial charge in [-0.25, -0.2) is 13.4 Å². The Labute approximate surface area is 121 Å². The number of halogens is 1. The Morgan fingerprint density at radius 2 is 2.16 bits per heavy atom. The van der Waals surface area contributed by atoms with Gasteiger partial charge in [0.2, 0.25) is 5.91 Å². The number of hydrogen-bond donors (Lipinski definition) is 1. The van der Waals surface area contributed by atoms with Crippen LogP contribution in [0.5, 0.6) is 0 Å². The minimum Gasteiger partial charge on any atom is -0.369 e. The molecule has 1 amide bonds. The number of thiazole rings is 1. The van der Waals surface area contributed by atoms with Gasteiger partial charge in [-0.1, -0.05) is 36.3 Å². The number of rotatable bonds is 7. The first-order valence-corrected chi connectivity index (χ1v) is 8.33. The zero-order valence-corrected chi connectivity index (χ0v) is 13.1. The molecule has 0 saturated carbocycles. The Bertz CT molecular complexity index is 556. The molecule has 2 N–H and O–H groups in total. The summed E-state index contributed by atoms with van der Waals surface area (Å²) >= 11 is 6.60. The van der Waals surface area contributed by atoms with Crippen LogP contribution in [0.15, 0.2) is 4.21 Å². The molecule has 0 atom stereocenters. The lowest BCUT2D eigenvalue weighted by Crippen LogP contribution is -2.39. The standard InChI is InChI=1S/C10H16ClN3O3S2/c1-3-4-5-14(6-8(12)15)19(16,17)9-7(2)13-10(11)18-9/h3-6H2,1-2H3,(H2,12,15). The van der Waals surface area contributed by atoms with Crippen molar-refractivity contribution in [2.24, 2.45) is 5.73 Å². The largest absolute Gasteiger partial charge is 0.369 e. The molecule has 9 heteroatoms. The Morgan fingerprint density at radius 3 is 2.58 bits per heavy atom. The average molecular weight is 326 g/mol. The van der Waals surface area contributed by atoms with Crippen molar-refractivity contribution >= 4 is 38.9 Å². The zero-order chi connectivity index (χ0) is 14.6. The Hall–Kier alpha value is -0.700. The van der Waals surface area contributed by atoms with Crippen molar-refractivity contribution in [2.45, 2.75) is 30.9 Å². The van der Waals surface area contributed by atoms with Gasteiger partial charge in [-0.05, 0) is 13.3 Å². The molecule has 19 heavy (non-hydrogen) atoms. The first-order valence-electron chi connectivity index (χ1n) is 5.70. The number of aromatic nitrogens is 1. The van der Waals surface area contributed by atoms with Gasteiger partial charge in [-0.2, -0.15) is 4.31 Å². The van der Waals surface area contributed by atoms with E-state index >= 15 is 0 Å². The summed E-state index contributed by atoms with van der Waals surface area (Å²) in [6, 6.07) is 0. The molecule has 1 aromatic rings. The van der Waals surface area contributed by atoms with Crippen molar-refractivity contribution < 1.29 is 13.2 Å². The van der Waals surface area contributed by atoms with Crippen LogP contribution in [0, 0.1) is 6.92 Å². The third-order valence-corrected chi connectivity index (χ3v) is 6.09. The number of hydrogen-bond acceptors (Lipinski definition) is 5. The molecule has 0 saturated heterocycles. The van der Waals surface area contributed by atoms with E-state index in [-0.39, 0.29) is 21.8 Å². The molecular formula is C10H16ClN3O3S2. The number of sulfonamides is 1. The number of nitrogens with two attached hydrogens (primary N) is 1. The summed E-state index contributed by atoms with van der Waals surface area (Å²) in [7, 11) is -3.77. The number of aryl methyl sites for hydroxylation is 1. The molecule has 1 rings (SSSR count). The van der Waals surface area contributed by atoms with Gasteiger partial charge < -0.3 is 5.73 Å². The number of carbonyl (C=O) groups excluding carboxylic acids is 1. The minimum absolute atomic E-state index is 0.0647. The Kier molecular flexibility index (Phi) is 5.72. The lowest BCUT2D eigenvalue weighted by molar-refractivity contribution is -0.118. The fraction of sp³-hybridized carbons (Fsp3) is 0.600. The number of carbonyl (C=O) groups is 1. The molecule has 0 aromatic carbocycles. The summed E-state index contributed by atoms with van der Waals surface area (Å²) in [6.45, 7) is 3.41. The van der Waals surface area contributed by atoms with Crippen molar-refractivity contribution in [1.82, 2.24) is 9.29 Å². The third-order valence-electron chi connectivity index (χ3n) is 2.40. The van der Waals surface area contributed by atoms with Crippen LogP contribution in [-0.4, -0.2) is 36.7 Å². The van der Waals surface area contributed by atoms with E-state index in [2.05, 4.69) is 4.98 Å². The van der Waals surface area contributed by atoms with Gasteiger partial charge in [0.1, 0.15) is 0 Å². The first-order chi connectivity index (χ1) is 8.78. The second kappa shape index (κ2) is 6.65. The van der Waals surface area contributed by atoms with Gasteiger partial charge >= 0.3 is 0 Å². The van der Waals surface area contributed by atoms with Crippen LogP contribution in [-0.2, 0) is 14.8 Å². The molecule has 0 radical (unpaired) electrons. The molecular weight excluding hydrogens is 310 g/mol. The summed E-state index contributed by atoms with van der Waals surface area (Å²) in [6.07, 6.45) is 1.46. The molecule has 1 aromatic heterocycles. The van der Waals surface area contributed by atoms with Crippen LogP contribution >= 0.6 is 22.9 Å². The van der Waals surface area contributed by atoms with E-state index in [1.165, 1.54) is 0 Å². The van der Waals surface area contributed by atoms with E-state index in [4.69, 9.17) is 17.3 Å². The summed E-state index contributed by atoms with van der Waals surface area (Å²) in [5, 5.41) is 0. The van der Waals surface area contributed by atoms with Crippen LogP contribution in [0.2, 0.25) is 4.47 Å². The molecule has 0 aliphatic rings. The summed E-state index contributed by atoms with van der Waals surface area (Å²) < 4.78 is 26.2. The highest BCUT2D eigenvalue weighted by atomic mass is 35.5. The lowest BCUT2D eigenvalue weighted by Gasteiger charge is -2.19. The van der Waals surface area contributed by atoms with Crippen molar-refractivity contribution in [3.05, 3.63) is 10.2 Å². The van der Waals surface area contributed by atoms with Crippen molar-refractivity contribution in [1.29, 1.82) is 0 Å². The van der Waals surface area contributed by atoms with Crippen LogP contribution < -0.4 is 5.73 Å². The summed E-state index contributed by atoms with van der Waals surface area (Å²) in [5.41, 5.74) is 5.43. The number of nitrogens with zero attached hydrogens (tertiary/aromatic N) is 2. The van der Waals surface area contributed by atoms with Crippen molar-refractivity contribution in [3.8, 4) is 0 Å². The van der Waals surface area contributed by atoms with Gasteiger partial charge in [-0.3, -0.25) is 4.79 Å². The van der Waals surface area contributed by atoms with Crippen LogP contribution in [0.1, 0.15) is 25.5 Å². The quantitative estimate of drug-likeness (QED) is 0.819. The predicted octanol–water partition coefficient (Wildman–Crippen LogP) is 1.38. The van der Waals surface area contributed by atoms with Gasteiger partial charge in [-0.15, -0.1) is 0 Å². The fourth-order valence-electron chi connectivity index (χ4n) is 1.50. The van der Waals surface area contributed by atoms with Gasteiger partial charge in [0.25, 0.3) is 10.0 Å². The van der Waals surface area contributed by atoms with E-state index in [0.717, 1.165) is 22.1 Å². The van der Waals surface area contributed by atoms with Gasteiger partial charge in [0, 0.05) is 6.54 Å². The number of unbranched alkanes of at least 4 members (excludes halogenated alkanes) is 1. The van der Waals surface area contributed by atoms with E-state index in [1.807, 2.05) is 6.92 Å². The lowest BCUT2D eigenvalue weighted by atomic mass is 10.3. The first kappa shape index (κ1) is 16.4. The molecule has 0 fully saturated rings. The third kappa shape index (κ3) is 4.13. The maximum absolute atomic E-state index is 12.4. The predicted molar refractivity (Wildman–Crippen MR) is 74.7 cm³/mol. The molecule has 0 spiro atoms. The van der Waals surface area contributed by atoms with Crippen LogP contribution in [0.4, 0.5) is 0 Å². The topological polar surface area (TPSA) is 93.4 Å². The SMILES string of the molecule is CCCCN(CC(N)=O)S(=O)(=O)c1sc(Cl)nc1C. The smallest absolute Gasteiger partial charge is 0.254 e.